The SMILES string of the molecule is Nc1nc2ccc3oc(=O)ccc3c2s1. The van der Waals surface area contributed by atoms with Gasteiger partial charge in [0.25, 0.3) is 0 Å². The Kier molecular flexibility index (Phi) is 1.58. The van der Waals surface area contributed by atoms with Gasteiger partial charge in [-0.25, -0.2) is 9.78 Å². The molecular formula is C10H6N2O2S. The zero-order valence-electron chi connectivity index (χ0n) is 7.56. The molecule has 0 amide bonds. The molecule has 0 fully saturated rings. The summed E-state index contributed by atoms with van der Waals surface area (Å²) in [5.41, 5.74) is 6.68. The number of nitrogen functional groups attached to an aromatic ring is 1. The van der Waals surface area contributed by atoms with Gasteiger partial charge >= 0.3 is 5.63 Å². The molecule has 0 unspecified atom stereocenters. The molecule has 0 bridgehead atoms. The predicted octanol–water partition coefficient (Wildman–Crippen LogP) is 1.98. The van der Waals surface area contributed by atoms with Crippen LogP contribution in [0.2, 0.25) is 0 Å². The van der Waals surface area contributed by atoms with Crippen LogP contribution in [0.15, 0.2) is 33.5 Å². The third-order valence-corrected chi connectivity index (χ3v) is 3.10. The highest BCUT2D eigenvalue weighted by molar-refractivity contribution is 7.22. The maximum Gasteiger partial charge on any atom is 0.336 e. The van der Waals surface area contributed by atoms with E-state index in [1.54, 1.807) is 18.2 Å². The molecule has 0 aliphatic heterocycles. The second-order valence-electron chi connectivity index (χ2n) is 3.13. The molecule has 2 N–H and O–H groups in total. The second-order valence-corrected chi connectivity index (χ2v) is 4.16. The van der Waals surface area contributed by atoms with E-state index < -0.39 is 0 Å². The normalized spacial score (nSPS) is 11.2. The van der Waals surface area contributed by atoms with Crippen molar-refractivity contribution in [1.82, 2.24) is 4.98 Å². The van der Waals surface area contributed by atoms with E-state index in [0.717, 1.165) is 15.6 Å². The van der Waals surface area contributed by atoms with E-state index in [0.29, 0.717) is 10.7 Å². The fourth-order valence-electron chi connectivity index (χ4n) is 1.55. The summed E-state index contributed by atoms with van der Waals surface area (Å²) in [6, 6.07) is 6.67. The van der Waals surface area contributed by atoms with Gasteiger partial charge in [-0.05, 0) is 18.2 Å². The lowest BCUT2D eigenvalue weighted by Gasteiger charge is -1.95. The molecule has 3 aromatic rings. The van der Waals surface area contributed by atoms with Crippen LogP contribution in [0.4, 0.5) is 5.13 Å². The molecule has 15 heavy (non-hydrogen) atoms. The monoisotopic (exact) mass is 218 g/mol. The summed E-state index contributed by atoms with van der Waals surface area (Å²) >= 11 is 1.39. The Morgan fingerprint density at radius 1 is 1.27 bits per heavy atom. The third-order valence-electron chi connectivity index (χ3n) is 2.17. The fraction of sp³-hybridized carbons (Fsp3) is 0. The van der Waals surface area contributed by atoms with E-state index in [2.05, 4.69) is 4.98 Å². The van der Waals surface area contributed by atoms with Crippen LogP contribution in [0.3, 0.4) is 0 Å². The molecular weight excluding hydrogens is 212 g/mol. The molecule has 0 aliphatic carbocycles. The first-order chi connectivity index (χ1) is 7.24. The Balaban J connectivity index is 2.59. The zero-order valence-corrected chi connectivity index (χ0v) is 8.38. The van der Waals surface area contributed by atoms with Crippen LogP contribution in [-0.4, -0.2) is 4.98 Å². The number of hydrogen-bond donors (Lipinski definition) is 1. The van der Waals surface area contributed by atoms with Gasteiger partial charge in [0.2, 0.25) is 0 Å². The Labute approximate surface area is 88.0 Å². The highest BCUT2D eigenvalue weighted by Gasteiger charge is 2.06. The van der Waals surface area contributed by atoms with E-state index in [-0.39, 0.29) is 5.63 Å². The molecule has 0 atom stereocenters. The Morgan fingerprint density at radius 3 is 3.00 bits per heavy atom. The van der Waals surface area contributed by atoms with Crippen molar-refractivity contribution in [3.05, 3.63) is 34.7 Å². The first-order valence-corrected chi connectivity index (χ1v) is 5.14. The van der Waals surface area contributed by atoms with Gasteiger partial charge < -0.3 is 10.2 Å². The molecule has 0 spiro atoms. The molecule has 0 radical (unpaired) electrons. The lowest BCUT2D eigenvalue weighted by molar-refractivity contribution is 0.561. The number of fused-ring (bicyclic) bond motifs is 3. The van der Waals surface area contributed by atoms with Gasteiger partial charge in [0.1, 0.15) is 5.58 Å². The summed E-state index contributed by atoms with van der Waals surface area (Å²) in [5, 5.41) is 1.39. The average molecular weight is 218 g/mol. The van der Waals surface area contributed by atoms with Crippen LogP contribution < -0.4 is 11.4 Å². The van der Waals surface area contributed by atoms with Crippen molar-refractivity contribution in [1.29, 1.82) is 0 Å². The van der Waals surface area contributed by atoms with Crippen LogP contribution in [0.25, 0.3) is 21.2 Å². The first-order valence-electron chi connectivity index (χ1n) is 4.33. The molecule has 0 saturated carbocycles. The van der Waals surface area contributed by atoms with Crippen molar-refractivity contribution >= 4 is 37.7 Å². The van der Waals surface area contributed by atoms with Crippen LogP contribution in [0, 0.1) is 0 Å². The molecule has 0 saturated heterocycles. The number of aromatic nitrogens is 1. The summed E-state index contributed by atoms with van der Waals surface area (Å²) < 4.78 is 6.01. The minimum atomic E-state index is -0.348. The highest BCUT2D eigenvalue weighted by atomic mass is 32.1. The average Bonchev–Trinajstić information content (AvgIpc) is 2.58. The summed E-state index contributed by atoms with van der Waals surface area (Å²) in [6.07, 6.45) is 0. The van der Waals surface area contributed by atoms with E-state index in [1.807, 2.05) is 0 Å². The van der Waals surface area contributed by atoms with E-state index >= 15 is 0 Å². The zero-order chi connectivity index (χ0) is 10.4. The summed E-state index contributed by atoms with van der Waals surface area (Å²) in [7, 11) is 0. The van der Waals surface area contributed by atoms with Gasteiger partial charge in [-0.1, -0.05) is 11.3 Å². The number of thiazole rings is 1. The standard InChI is InChI=1S/C10H6N2O2S/c11-10-12-6-2-3-7-5(9(6)15-10)1-4-8(13)14-7/h1-4H,(H2,11,12). The van der Waals surface area contributed by atoms with Crippen molar-refractivity contribution in [3.63, 3.8) is 0 Å². The van der Waals surface area contributed by atoms with E-state index in [9.17, 15) is 4.79 Å². The van der Waals surface area contributed by atoms with Gasteiger partial charge in [0.15, 0.2) is 5.13 Å². The summed E-state index contributed by atoms with van der Waals surface area (Å²) in [4.78, 5) is 15.2. The number of hydrogen-bond acceptors (Lipinski definition) is 5. The highest BCUT2D eigenvalue weighted by Crippen LogP contribution is 2.30. The molecule has 4 nitrogen and oxygen atoms in total. The van der Waals surface area contributed by atoms with Crippen LogP contribution in [0.5, 0.6) is 0 Å². The van der Waals surface area contributed by atoms with Crippen molar-refractivity contribution in [2.45, 2.75) is 0 Å². The van der Waals surface area contributed by atoms with Crippen molar-refractivity contribution in [2.75, 3.05) is 5.73 Å². The van der Waals surface area contributed by atoms with E-state index in [4.69, 9.17) is 10.2 Å². The quantitative estimate of drug-likeness (QED) is 0.586. The van der Waals surface area contributed by atoms with Gasteiger partial charge in [-0.2, -0.15) is 0 Å². The molecule has 2 heterocycles. The van der Waals surface area contributed by atoms with Gasteiger partial charge in [0, 0.05) is 11.5 Å². The lowest BCUT2D eigenvalue weighted by atomic mass is 10.2. The fourth-order valence-corrected chi connectivity index (χ4v) is 2.40. The maximum absolute atomic E-state index is 11.0. The Morgan fingerprint density at radius 2 is 2.13 bits per heavy atom. The summed E-state index contributed by atoms with van der Waals surface area (Å²) in [5.74, 6) is 0. The number of nitrogens with zero attached hydrogens (tertiary/aromatic N) is 1. The van der Waals surface area contributed by atoms with Crippen molar-refractivity contribution in [2.24, 2.45) is 0 Å². The van der Waals surface area contributed by atoms with Crippen LogP contribution >= 0.6 is 11.3 Å². The second kappa shape index (κ2) is 2.80. The van der Waals surface area contributed by atoms with Gasteiger partial charge in [-0.15, -0.1) is 0 Å². The minimum absolute atomic E-state index is 0.348. The topological polar surface area (TPSA) is 69.1 Å². The number of anilines is 1. The minimum Gasteiger partial charge on any atom is -0.423 e. The predicted molar refractivity (Wildman–Crippen MR) is 60.1 cm³/mol. The van der Waals surface area contributed by atoms with Crippen LogP contribution in [-0.2, 0) is 0 Å². The Hall–Kier alpha value is -1.88. The van der Waals surface area contributed by atoms with E-state index in [1.165, 1.54) is 17.4 Å². The molecule has 2 aromatic heterocycles. The summed E-state index contributed by atoms with van der Waals surface area (Å²) in [6.45, 7) is 0. The number of rotatable bonds is 0. The maximum atomic E-state index is 11.0. The number of benzene rings is 1. The largest absolute Gasteiger partial charge is 0.423 e. The lowest BCUT2D eigenvalue weighted by Crippen LogP contribution is -1.93. The smallest absolute Gasteiger partial charge is 0.336 e. The van der Waals surface area contributed by atoms with Gasteiger partial charge in [0.05, 0.1) is 10.2 Å². The molecule has 3 rings (SSSR count). The molecule has 5 heteroatoms. The molecule has 74 valence electrons. The molecule has 1 aromatic carbocycles. The van der Waals surface area contributed by atoms with Crippen LogP contribution in [0.1, 0.15) is 0 Å². The first kappa shape index (κ1) is 8.43. The third kappa shape index (κ3) is 1.20. The van der Waals surface area contributed by atoms with Crippen molar-refractivity contribution < 1.29 is 4.42 Å². The molecule has 0 aliphatic rings. The number of nitrogens with two attached hydrogens (primary N) is 1. The van der Waals surface area contributed by atoms with Gasteiger partial charge in [-0.3, -0.25) is 0 Å². The Bertz CT molecular complexity index is 714. The van der Waals surface area contributed by atoms with Crippen molar-refractivity contribution in [3.8, 4) is 0 Å².